The van der Waals surface area contributed by atoms with Gasteiger partial charge in [0.25, 0.3) is 0 Å². The number of alkyl carbamates (subject to hydrolysis) is 1. The highest BCUT2D eigenvalue weighted by molar-refractivity contribution is 6.30. The number of amides is 3. The van der Waals surface area contributed by atoms with Gasteiger partial charge >= 0.3 is 12.1 Å². The summed E-state index contributed by atoms with van der Waals surface area (Å²) in [6.45, 7) is 2.29. The lowest BCUT2D eigenvalue weighted by Gasteiger charge is -2.38. The second-order valence-electron chi connectivity index (χ2n) is 10.4. The number of ether oxygens (including phenoxy) is 2. The molecule has 1 aromatic rings. The highest BCUT2D eigenvalue weighted by Gasteiger charge is 2.36. The van der Waals surface area contributed by atoms with Crippen LogP contribution in [0.5, 0.6) is 0 Å². The molecule has 3 amide bonds. The Bertz CT molecular complexity index is 900. The zero-order valence-corrected chi connectivity index (χ0v) is 23.1. The number of rotatable bonds is 11. The Morgan fingerprint density at radius 1 is 1.24 bits per heavy atom. The number of nitrogens with one attached hydrogen (secondary N) is 3. The quantitative estimate of drug-likeness (QED) is 0.333. The van der Waals surface area contributed by atoms with E-state index in [9.17, 15) is 18.4 Å². The smallest absolute Gasteiger partial charge is 0.406 e. The van der Waals surface area contributed by atoms with Gasteiger partial charge in [0.1, 0.15) is 0 Å². The molecule has 0 radical (unpaired) electrons. The first-order valence-electron chi connectivity index (χ1n) is 13.5. The number of halogens is 3. The van der Waals surface area contributed by atoms with Gasteiger partial charge in [0.05, 0.1) is 19.8 Å². The van der Waals surface area contributed by atoms with Crippen molar-refractivity contribution in [2.75, 3.05) is 46.9 Å². The van der Waals surface area contributed by atoms with E-state index in [2.05, 4.69) is 20.7 Å². The minimum Gasteiger partial charge on any atom is -0.453 e. The number of alkyl halides is 2. The van der Waals surface area contributed by atoms with Crippen molar-refractivity contribution < 1.29 is 27.8 Å². The van der Waals surface area contributed by atoms with E-state index in [1.807, 2.05) is 30.1 Å². The Morgan fingerprint density at radius 3 is 2.68 bits per heavy atom. The van der Waals surface area contributed by atoms with Gasteiger partial charge in [0.15, 0.2) is 0 Å². The van der Waals surface area contributed by atoms with Crippen molar-refractivity contribution >= 4 is 23.7 Å². The number of carbonyl (C=O) groups is 2. The summed E-state index contributed by atoms with van der Waals surface area (Å²) in [7, 11) is 3.13. The minimum atomic E-state index is -2.56. The van der Waals surface area contributed by atoms with Gasteiger partial charge in [-0.3, -0.25) is 0 Å². The van der Waals surface area contributed by atoms with Crippen LogP contribution in [0.4, 0.5) is 18.4 Å². The number of methoxy groups -OCH3 is 1. The van der Waals surface area contributed by atoms with Crippen LogP contribution in [0.2, 0.25) is 5.02 Å². The summed E-state index contributed by atoms with van der Waals surface area (Å²) in [6.07, 6.45) is 2.37. The number of hydrogen-bond donors (Lipinski definition) is 3. The fourth-order valence-electron chi connectivity index (χ4n) is 5.48. The lowest BCUT2D eigenvalue weighted by molar-refractivity contribution is -0.0473. The molecule has 3 atom stereocenters. The van der Waals surface area contributed by atoms with Crippen LogP contribution < -0.4 is 16.0 Å². The SMILES string of the molecule is CNCC(CC1CCC(F)(F)CC1)NC(=O)N1CCCC(C(OCCNC(=O)OC)c2cccc(Cl)c2)C1. The fourth-order valence-corrected chi connectivity index (χ4v) is 5.68. The molecule has 1 heterocycles. The van der Waals surface area contributed by atoms with E-state index in [-0.39, 0.29) is 49.5 Å². The van der Waals surface area contributed by atoms with Crippen molar-refractivity contribution in [3.05, 3.63) is 34.9 Å². The third-order valence-corrected chi connectivity index (χ3v) is 7.67. The molecule has 1 saturated carbocycles. The van der Waals surface area contributed by atoms with Crippen molar-refractivity contribution in [2.24, 2.45) is 11.8 Å². The van der Waals surface area contributed by atoms with Crippen molar-refractivity contribution in [1.29, 1.82) is 0 Å². The summed E-state index contributed by atoms with van der Waals surface area (Å²) in [5.41, 5.74) is 0.921. The zero-order valence-electron chi connectivity index (χ0n) is 22.3. The largest absolute Gasteiger partial charge is 0.453 e. The van der Waals surface area contributed by atoms with Crippen LogP contribution in [0.3, 0.4) is 0 Å². The summed E-state index contributed by atoms with van der Waals surface area (Å²) in [5, 5.41) is 9.49. The van der Waals surface area contributed by atoms with Crippen LogP contribution in [0.15, 0.2) is 24.3 Å². The van der Waals surface area contributed by atoms with Gasteiger partial charge in [0, 0.05) is 56.0 Å². The summed E-state index contributed by atoms with van der Waals surface area (Å²) in [4.78, 5) is 26.5. The molecule has 0 aromatic heterocycles. The number of carbonyl (C=O) groups excluding carboxylic acids is 2. The maximum absolute atomic E-state index is 13.6. The van der Waals surface area contributed by atoms with Gasteiger partial charge in [-0.15, -0.1) is 0 Å². The Morgan fingerprint density at radius 2 is 2.00 bits per heavy atom. The van der Waals surface area contributed by atoms with Crippen LogP contribution in [0, 0.1) is 11.8 Å². The highest BCUT2D eigenvalue weighted by atomic mass is 35.5. The van der Waals surface area contributed by atoms with Crippen LogP contribution in [0.25, 0.3) is 0 Å². The zero-order chi connectivity index (χ0) is 27.5. The first kappa shape index (κ1) is 30.4. The maximum Gasteiger partial charge on any atom is 0.406 e. The molecule has 1 aliphatic heterocycles. The van der Waals surface area contributed by atoms with Gasteiger partial charge in [-0.25, -0.2) is 18.4 Å². The average Bonchev–Trinajstić information content (AvgIpc) is 2.90. The lowest BCUT2D eigenvalue weighted by atomic mass is 9.83. The van der Waals surface area contributed by atoms with Crippen LogP contribution >= 0.6 is 11.6 Å². The summed E-state index contributed by atoms with van der Waals surface area (Å²) < 4.78 is 38.0. The second-order valence-corrected chi connectivity index (χ2v) is 10.8. The summed E-state index contributed by atoms with van der Waals surface area (Å²) >= 11 is 6.26. The Balaban J connectivity index is 1.61. The van der Waals surface area contributed by atoms with E-state index in [1.165, 1.54) is 7.11 Å². The molecule has 1 saturated heterocycles. The molecular formula is C27H41ClF2N4O4. The van der Waals surface area contributed by atoms with Crippen LogP contribution in [0.1, 0.15) is 56.6 Å². The molecule has 214 valence electrons. The fraction of sp³-hybridized carbons (Fsp3) is 0.704. The van der Waals surface area contributed by atoms with E-state index in [0.717, 1.165) is 18.4 Å². The van der Waals surface area contributed by atoms with E-state index in [0.29, 0.717) is 50.5 Å². The van der Waals surface area contributed by atoms with Crippen molar-refractivity contribution in [3.8, 4) is 0 Å². The van der Waals surface area contributed by atoms with Crippen LogP contribution in [-0.2, 0) is 9.47 Å². The minimum absolute atomic E-state index is 0.0365. The molecule has 0 spiro atoms. The predicted molar refractivity (Wildman–Crippen MR) is 143 cm³/mol. The first-order chi connectivity index (χ1) is 18.2. The normalized spacial score (nSPS) is 21.4. The molecule has 0 bridgehead atoms. The molecule has 3 rings (SSSR count). The van der Waals surface area contributed by atoms with E-state index < -0.39 is 12.0 Å². The Kier molecular flexibility index (Phi) is 11.9. The predicted octanol–water partition coefficient (Wildman–Crippen LogP) is 4.98. The third-order valence-electron chi connectivity index (χ3n) is 7.44. The standard InChI is InChI=1S/C27H41ClF2N4O4/c1-31-17-23(15-19-8-10-27(29,30)11-9-19)33-25(35)34-13-4-6-21(18-34)24(20-5-3-7-22(28)16-20)38-14-12-32-26(36)37-2/h3,5,7,16,19,21,23-24,31H,4,6,8-15,17-18H2,1-2H3,(H,32,36)(H,33,35). The highest BCUT2D eigenvalue weighted by Crippen LogP contribution is 2.38. The number of urea groups is 1. The summed E-state index contributed by atoms with van der Waals surface area (Å²) in [6, 6.07) is 7.23. The van der Waals surface area contributed by atoms with Crippen LogP contribution in [-0.4, -0.2) is 75.9 Å². The molecule has 3 N–H and O–H groups in total. The summed E-state index contributed by atoms with van der Waals surface area (Å²) in [5.74, 6) is -2.34. The molecule has 2 aliphatic rings. The number of likely N-dealkylation sites (N-methyl/N-ethyl adjacent to an activating group) is 1. The van der Waals surface area contributed by atoms with E-state index >= 15 is 0 Å². The number of piperidine rings is 1. The van der Waals surface area contributed by atoms with Crippen molar-refractivity contribution in [1.82, 2.24) is 20.9 Å². The number of likely N-dealkylation sites (tertiary alicyclic amines) is 1. The molecule has 8 nitrogen and oxygen atoms in total. The van der Waals surface area contributed by atoms with Crippen molar-refractivity contribution in [2.45, 2.75) is 63.0 Å². The molecule has 2 fully saturated rings. The molecular weight excluding hydrogens is 518 g/mol. The van der Waals surface area contributed by atoms with Crippen molar-refractivity contribution in [3.63, 3.8) is 0 Å². The molecule has 3 unspecified atom stereocenters. The van der Waals surface area contributed by atoms with Gasteiger partial charge in [-0.2, -0.15) is 0 Å². The molecule has 1 aromatic carbocycles. The van der Waals surface area contributed by atoms with Gasteiger partial charge in [0.2, 0.25) is 5.92 Å². The molecule has 1 aliphatic carbocycles. The third kappa shape index (κ3) is 9.54. The number of benzene rings is 1. The number of nitrogens with zero attached hydrogens (tertiary/aromatic N) is 1. The second kappa shape index (κ2) is 14.8. The van der Waals surface area contributed by atoms with E-state index in [4.69, 9.17) is 16.3 Å². The lowest BCUT2D eigenvalue weighted by Crippen LogP contribution is -2.52. The maximum atomic E-state index is 13.6. The molecule has 11 heteroatoms. The van der Waals surface area contributed by atoms with Gasteiger partial charge in [-0.05, 0) is 62.8 Å². The Labute approximate surface area is 229 Å². The van der Waals surface area contributed by atoms with Gasteiger partial charge in [-0.1, -0.05) is 23.7 Å². The molecule has 38 heavy (non-hydrogen) atoms. The topological polar surface area (TPSA) is 91.9 Å². The average molecular weight is 559 g/mol. The first-order valence-corrected chi connectivity index (χ1v) is 13.8. The van der Waals surface area contributed by atoms with Gasteiger partial charge < -0.3 is 30.3 Å². The van der Waals surface area contributed by atoms with E-state index in [1.54, 1.807) is 6.07 Å². The Hall–Kier alpha value is -2.17. The monoisotopic (exact) mass is 558 g/mol. The number of hydrogen-bond acceptors (Lipinski definition) is 5.